The van der Waals surface area contributed by atoms with Crippen molar-refractivity contribution in [3.63, 3.8) is 0 Å². The molecule has 1 aromatic rings. The standard InChI is InChI=1S/C17H21FN2O7S/c1-26-14-3-2-11(6-13(14)18)8-17(23)27-9-16(22)20-19-15(21)7-12-4-5-28(24,25)10-12/h2-3,6,12H,4-5,7-10H2,1H3,(H,19,21)(H,20,22)/t12-/m0/s1. The van der Waals surface area contributed by atoms with Gasteiger partial charge >= 0.3 is 5.97 Å². The number of methoxy groups -OCH3 is 1. The Morgan fingerprint density at radius 2 is 1.93 bits per heavy atom. The normalized spacial score (nSPS) is 17.6. The Kier molecular flexibility index (Phi) is 7.32. The highest BCUT2D eigenvalue weighted by Gasteiger charge is 2.29. The Balaban J connectivity index is 1.67. The van der Waals surface area contributed by atoms with Crippen molar-refractivity contribution in [2.24, 2.45) is 5.92 Å². The number of halogens is 1. The van der Waals surface area contributed by atoms with Gasteiger partial charge in [-0.05, 0) is 30.0 Å². The summed E-state index contributed by atoms with van der Waals surface area (Å²) in [5.74, 6) is -2.88. The van der Waals surface area contributed by atoms with Gasteiger partial charge in [0, 0.05) is 6.42 Å². The number of amides is 2. The minimum absolute atomic E-state index is 0.0255. The van der Waals surface area contributed by atoms with Gasteiger partial charge in [-0.1, -0.05) is 6.07 Å². The molecule has 1 aromatic carbocycles. The lowest BCUT2D eigenvalue weighted by Crippen LogP contribution is -2.44. The van der Waals surface area contributed by atoms with Crippen molar-refractivity contribution < 1.29 is 36.7 Å². The lowest BCUT2D eigenvalue weighted by molar-refractivity contribution is -0.148. The molecule has 0 aromatic heterocycles. The summed E-state index contributed by atoms with van der Waals surface area (Å²) < 4.78 is 45.8. The Bertz CT molecular complexity index is 857. The molecule has 2 rings (SSSR count). The van der Waals surface area contributed by atoms with E-state index in [2.05, 4.69) is 10.9 Å². The van der Waals surface area contributed by atoms with Gasteiger partial charge in [-0.25, -0.2) is 12.8 Å². The highest BCUT2D eigenvalue weighted by Crippen LogP contribution is 2.21. The van der Waals surface area contributed by atoms with Crippen LogP contribution < -0.4 is 15.6 Å². The first-order chi connectivity index (χ1) is 13.2. The van der Waals surface area contributed by atoms with E-state index in [0.717, 1.165) is 6.07 Å². The summed E-state index contributed by atoms with van der Waals surface area (Å²) in [4.78, 5) is 35.0. The number of hydrogen-bond acceptors (Lipinski definition) is 7. The fraction of sp³-hybridized carbons (Fsp3) is 0.471. The van der Waals surface area contributed by atoms with Gasteiger partial charge in [0.2, 0.25) is 5.91 Å². The molecule has 0 unspecified atom stereocenters. The Morgan fingerprint density at radius 3 is 2.54 bits per heavy atom. The molecule has 154 valence electrons. The van der Waals surface area contributed by atoms with E-state index < -0.39 is 40.0 Å². The van der Waals surface area contributed by atoms with Crippen LogP contribution in [-0.4, -0.2) is 51.4 Å². The fourth-order valence-electron chi connectivity index (χ4n) is 2.71. The number of sulfone groups is 1. The van der Waals surface area contributed by atoms with Crippen LogP contribution in [0.2, 0.25) is 0 Å². The summed E-state index contributed by atoms with van der Waals surface area (Å²) in [6.45, 7) is -0.629. The molecule has 0 saturated carbocycles. The van der Waals surface area contributed by atoms with E-state index in [1.54, 1.807) is 0 Å². The summed E-state index contributed by atoms with van der Waals surface area (Å²) in [6.07, 6.45) is 0.145. The Labute approximate surface area is 161 Å². The van der Waals surface area contributed by atoms with Crippen LogP contribution in [0.4, 0.5) is 4.39 Å². The lowest BCUT2D eigenvalue weighted by Gasteiger charge is -2.10. The third kappa shape index (κ3) is 6.80. The molecule has 1 fully saturated rings. The zero-order valence-corrected chi connectivity index (χ0v) is 16.0. The number of hydrogen-bond donors (Lipinski definition) is 2. The number of hydrazine groups is 1. The van der Waals surface area contributed by atoms with Gasteiger partial charge < -0.3 is 9.47 Å². The van der Waals surface area contributed by atoms with E-state index in [1.807, 2.05) is 0 Å². The van der Waals surface area contributed by atoms with E-state index in [0.29, 0.717) is 12.0 Å². The van der Waals surface area contributed by atoms with Gasteiger partial charge in [-0.3, -0.25) is 25.2 Å². The van der Waals surface area contributed by atoms with Crippen LogP contribution >= 0.6 is 0 Å². The molecule has 0 bridgehead atoms. The quantitative estimate of drug-likeness (QED) is 0.469. The third-order valence-corrected chi connectivity index (χ3v) is 5.91. The first-order valence-corrected chi connectivity index (χ1v) is 10.3. The van der Waals surface area contributed by atoms with Gasteiger partial charge in [-0.2, -0.15) is 0 Å². The Hall–Kier alpha value is -2.69. The molecule has 1 aliphatic rings. The van der Waals surface area contributed by atoms with Crippen LogP contribution in [-0.2, 0) is 35.4 Å². The first kappa shape index (κ1) is 21.6. The van der Waals surface area contributed by atoms with Crippen molar-refractivity contribution >= 4 is 27.6 Å². The maximum absolute atomic E-state index is 13.6. The smallest absolute Gasteiger partial charge is 0.310 e. The maximum atomic E-state index is 13.6. The summed E-state index contributed by atoms with van der Waals surface area (Å²) in [7, 11) is -1.76. The molecule has 9 nitrogen and oxygen atoms in total. The van der Waals surface area contributed by atoms with Gasteiger partial charge in [0.15, 0.2) is 28.0 Å². The van der Waals surface area contributed by atoms with E-state index in [1.165, 1.54) is 19.2 Å². The van der Waals surface area contributed by atoms with Crippen LogP contribution in [0.1, 0.15) is 18.4 Å². The fourth-order valence-corrected chi connectivity index (χ4v) is 4.57. The molecule has 2 N–H and O–H groups in total. The number of ether oxygens (including phenoxy) is 2. The van der Waals surface area contributed by atoms with Gasteiger partial charge in [0.05, 0.1) is 25.0 Å². The second-order valence-electron chi connectivity index (χ2n) is 6.38. The number of carbonyl (C=O) groups excluding carboxylic acids is 3. The Morgan fingerprint density at radius 1 is 1.21 bits per heavy atom. The predicted octanol–water partition coefficient (Wildman–Crippen LogP) is -0.108. The topological polar surface area (TPSA) is 128 Å². The molecule has 2 amide bonds. The maximum Gasteiger partial charge on any atom is 0.310 e. The van der Waals surface area contributed by atoms with Crippen LogP contribution in [0.5, 0.6) is 5.75 Å². The SMILES string of the molecule is COc1ccc(CC(=O)OCC(=O)NNC(=O)C[C@@H]2CCS(=O)(=O)C2)cc1F. The van der Waals surface area contributed by atoms with Crippen LogP contribution in [0.25, 0.3) is 0 Å². The third-order valence-electron chi connectivity index (χ3n) is 4.07. The van der Waals surface area contributed by atoms with Gasteiger partial charge in [0.1, 0.15) is 0 Å². The molecule has 1 aliphatic heterocycles. The van der Waals surface area contributed by atoms with E-state index in [4.69, 9.17) is 9.47 Å². The summed E-state index contributed by atoms with van der Waals surface area (Å²) in [6, 6.07) is 3.99. The molecular weight excluding hydrogens is 395 g/mol. The number of benzene rings is 1. The summed E-state index contributed by atoms with van der Waals surface area (Å²) in [5.41, 5.74) is 4.57. The molecule has 1 heterocycles. The van der Waals surface area contributed by atoms with Crippen molar-refractivity contribution in [2.45, 2.75) is 19.3 Å². The second kappa shape index (κ2) is 9.49. The highest BCUT2D eigenvalue weighted by atomic mass is 32.2. The highest BCUT2D eigenvalue weighted by molar-refractivity contribution is 7.91. The molecule has 1 atom stereocenters. The van der Waals surface area contributed by atoms with E-state index in [9.17, 15) is 27.2 Å². The minimum atomic E-state index is -3.08. The minimum Gasteiger partial charge on any atom is -0.494 e. The van der Waals surface area contributed by atoms with Crippen molar-refractivity contribution in [1.29, 1.82) is 0 Å². The number of nitrogens with one attached hydrogen (secondary N) is 2. The summed E-state index contributed by atoms with van der Waals surface area (Å²) >= 11 is 0. The largest absolute Gasteiger partial charge is 0.494 e. The molecule has 0 aliphatic carbocycles. The van der Waals surface area contributed by atoms with E-state index in [-0.39, 0.29) is 36.0 Å². The molecule has 28 heavy (non-hydrogen) atoms. The van der Waals surface area contributed by atoms with Crippen molar-refractivity contribution in [3.05, 3.63) is 29.6 Å². The summed E-state index contributed by atoms with van der Waals surface area (Å²) in [5, 5.41) is 0. The second-order valence-corrected chi connectivity index (χ2v) is 8.60. The average molecular weight is 416 g/mol. The van der Waals surface area contributed by atoms with E-state index >= 15 is 0 Å². The van der Waals surface area contributed by atoms with Crippen LogP contribution in [0.15, 0.2) is 18.2 Å². The number of carbonyl (C=O) groups is 3. The van der Waals surface area contributed by atoms with Crippen LogP contribution in [0.3, 0.4) is 0 Å². The van der Waals surface area contributed by atoms with Gasteiger partial charge in [-0.15, -0.1) is 0 Å². The van der Waals surface area contributed by atoms with Gasteiger partial charge in [0.25, 0.3) is 5.91 Å². The molecular formula is C17H21FN2O7S. The van der Waals surface area contributed by atoms with Crippen molar-refractivity contribution in [3.8, 4) is 5.75 Å². The predicted molar refractivity (Wildman–Crippen MR) is 95.3 cm³/mol. The number of rotatable bonds is 7. The van der Waals surface area contributed by atoms with Crippen LogP contribution in [0, 0.1) is 11.7 Å². The monoisotopic (exact) mass is 416 g/mol. The molecule has 0 spiro atoms. The molecule has 11 heteroatoms. The number of esters is 1. The lowest BCUT2D eigenvalue weighted by atomic mass is 10.1. The van der Waals surface area contributed by atoms with Crippen molar-refractivity contribution in [2.75, 3.05) is 25.2 Å². The first-order valence-electron chi connectivity index (χ1n) is 8.44. The molecule has 1 saturated heterocycles. The van der Waals surface area contributed by atoms with Crippen molar-refractivity contribution in [1.82, 2.24) is 10.9 Å². The zero-order valence-electron chi connectivity index (χ0n) is 15.2. The molecule has 0 radical (unpaired) electrons. The average Bonchev–Trinajstić information content (AvgIpc) is 2.96. The zero-order chi connectivity index (χ0) is 20.7.